The van der Waals surface area contributed by atoms with Crippen molar-refractivity contribution in [1.82, 2.24) is 0 Å². The molecule has 0 radical (unpaired) electrons. The summed E-state index contributed by atoms with van der Waals surface area (Å²) in [7, 11) is -5.64. The molecule has 19 heteroatoms. The summed E-state index contributed by atoms with van der Waals surface area (Å²) in [5.41, 5.74) is 0. The summed E-state index contributed by atoms with van der Waals surface area (Å²) in [6.07, 6.45) is -20.9. The number of rotatable bonds is 10. The normalized spacial score (nSPS) is 14.1. The summed E-state index contributed by atoms with van der Waals surface area (Å²) in [4.78, 5) is 16.9. The summed E-state index contributed by atoms with van der Waals surface area (Å²) in [6.45, 7) is 9.34. The van der Waals surface area contributed by atoms with E-state index in [1.54, 1.807) is 41.5 Å². The summed E-state index contributed by atoms with van der Waals surface area (Å²) in [6, 6.07) is 0. The first-order valence-corrected chi connectivity index (χ1v) is 13.2. The van der Waals surface area contributed by atoms with Crippen molar-refractivity contribution < 1.29 is 80.2 Å². The quantitative estimate of drug-likeness (QED) is 0.169. The van der Waals surface area contributed by atoms with Crippen LogP contribution in [0.1, 0.15) is 41.5 Å². The highest BCUT2D eigenvalue weighted by atomic mass is 31.2. The third-order valence-electron chi connectivity index (χ3n) is 6.75. The Morgan fingerprint density at radius 2 is 0.641 bits per heavy atom. The predicted molar refractivity (Wildman–Crippen MR) is 113 cm³/mol. The van der Waals surface area contributed by atoms with Crippen LogP contribution in [0.15, 0.2) is 0 Å². The minimum atomic E-state index is -5.64. The molecule has 0 aliphatic carbocycles. The number of hydrogen-bond donors (Lipinski definition) is 0. The van der Waals surface area contributed by atoms with Crippen molar-refractivity contribution in [1.29, 1.82) is 0 Å². The van der Waals surface area contributed by atoms with Crippen LogP contribution in [-0.4, -0.2) is 86.0 Å². The van der Waals surface area contributed by atoms with E-state index in [0.29, 0.717) is 0 Å². The summed E-state index contributed by atoms with van der Waals surface area (Å²) >= 11 is 0. The first kappa shape index (κ1) is 42.6. The molecule has 0 aromatic heterocycles. The minimum Gasteiger partial charge on any atom is -0.786 e. The van der Waals surface area contributed by atoms with E-state index in [-0.39, 0.29) is 48.2 Å². The Balaban J connectivity index is -0.000000566. The third-order valence-corrected chi connectivity index (χ3v) is 6.75. The van der Waals surface area contributed by atoms with Crippen LogP contribution in [-0.2, 0) is 4.57 Å². The lowest BCUT2D eigenvalue weighted by molar-refractivity contribution is -0.929. The number of nitrogens with zero attached hydrogens (tertiary/aromatic N) is 2. The van der Waals surface area contributed by atoms with Crippen LogP contribution >= 0.6 is 7.91 Å². The Labute approximate surface area is 219 Å². The summed E-state index contributed by atoms with van der Waals surface area (Å²) in [5.74, 6) is -6.48. The Morgan fingerprint density at radius 3 is 0.718 bits per heavy atom. The summed E-state index contributed by atoms with van der Waals surface area (Å²) < 4.78 is 167. The van der Waals surface area contributed by atoms with E-state index in [0.717, 1.165) is 0 Å². The molecule has 240 valence electrons. The van der Waals surface area contributed by atoms with E-state index >= 15 is 0 Å². The van der Waals surface area contributed by atoms with E-state index < -0.39 is 57.5 Å². The number of alkyl halides is 12. The molecule has 0 fully saturated rings. The molecule has 0 spiro atoms. The topological polar surface area (TPSA) is 63.2 Å². The average Bonchev–Trinajstić information content (AvgIpc) is 2.72. The smallest absolute Gasteiger partial charge is 0.405 e. The standard InChI is InChI=1S/2C10H18F6N.FH2O3P/c2*1-4-17(5-2,6-3)7-8(9(11,12)13)10(14,15)16;1-5(2,3)4/h2*8H,4-7H2,1-3H3;(H2,2,3,4)/q2*+1;/p-2. The molecule has 0 rings (SSSR count). The molecule has 0 aliphatic rings. The molecule has 0 heterocycles. The van der Waals surface area contributed by atoms with Gasteiger partial charge in [-0.15, -0.1) is 0 Å². The van der Waals surface area contributed by atoms with Gasteiger partial charge in [0.05, 0.1) is 52.4 Å². The summed E-state index contributed by atoms with van der Waals surface area (Å²) in [5, 5.41) is 0. The van der Waals surface area contributed by atoms with Crippen molar-refractivity contribution in [2.24, 2.45) is 11.8 Å². The van der Waals surface area contributed by atoms with Gasteiger partial charge in [-0.05, 0) is 41.5 Å². The highest BCUT2D eigenvalue weighted by Gasteiger charge is 2.60. The Kier molecular flexibility index (Phi) is 17.5. The number of hydrogen-bond acceptors (Lipinski definition) is 3. The zero-order valence-corrected chi connectivity index (χ0v) is 23.2. The van der Waals surface area contributed by atoms with E-state index in [9.17, 15) is 56.9 Å². The second kappa shape index (κ2) is 16.0. The molecular formula is C20H36F13N2O3P. The first-order valence-electron chi connectivity index (χ1n) is 11.7. The first-order chi connectivity index (χ1) is 17.0. The van der Waals surface area contributed by atoms with Crippen LogP contribution in [0.5, 0.6) is 0 Å². The van der Waals surface area contributed by atoms with E-state index in [1.807, 2.05) is 0 Å². The number of quaternary nitrogens is 2. The SMILES string of the molecule is CC[N+](CC)(CC)CC(C(F)(F)F)C(F)(F)F.CC[N+](CC)(CC)CC(C(F)(F)F)C(F)(F)F.O=P([O-])([O-])F. The largest absolute Gasteiger partial charge is 0.786 e. The van der Waals surface area contributed by atoms with Crippen molar-refractivity contribution in [3.05, 3.63) is 0 Å². The van der Waals surface area contributed by atoms with Crippen molar-refractivity contribution in [2.45, 2.75) is 66.2 Å². The van der Waals surface area contributed by atoms with Crippen molar-refractivity contribution in [3.63, 3.8) is 0 Å². The maximum Gasteiger partial charge on any atom is 0.405 e. The van der Waals surface area contributed by atoms with E-state index in [2.05, 4.69) is 0 Å². The molecule has 0 saturated heterocycles. The third kappa shape index (κ3) is 17.6. The lowest BCUT2D eigenvalue weighted by atomic mass is 10.1. The molecule has 0 aliphatic heterocycles. The van der Waals surface area contributed by atoms with Gasteiger partial charge >= 0.3 is 24.7 Å². The van der Waals surface area contributed by atoms with Gasteiger partial charge < -0.3 is 23.3 Å². The maximum absolute atomic E-state index is 12.4. The molecule has 0 amide bonds. The Bertz CT molecular complexity index is 609. The van der Waals surface area contributed by atoms with Gasteiger partial charge in [-0.25, -0.2) is 4.20 Å². The van der Waals surface area contributed by atoms with Crippen molar-refractivity contribution >= 4 is 7.91 Å². The van der Waals surface area contributed by atoms with Crippen LogP contribution in [0.4, 0.5) is 56.9 Å². The zero-order chi connectivity index (χ0) is 32.3. The molecule has 0 aromatic rings. The molecule has 39 heavy (non-hydrogen) atoms. The van der Waals surface area contributed by atoms with Crippen LogP contribution < -0.4 is 9.79 Å². The van der Waals surface area contributed by atoms with Gasteiger partial charge in [0.25, 0.3) is 0 Å². The molecular weight excluding hydrogens is 594 g/mol. The molecule has 0 atom stereocenters. The number of halogens is 13. The van der Waals surface area contributed by atoms with Crippen LogP contribution in [0.2, 0.25) is 0 Å². The van der Waals surface area contributed by atoms with Gasteiger partial charge in [0.1, 0.15) is 7.91 Å². The van der Waals surface area contributed by atoms with Gasteiger partial charge in [-0.2, -0.15) is 52.7 Å². The highest BCUT2D eigenvalue weighted by Crippen LogP contribution is 2.42. The van der Waals surface area contributed by atoms with Gasteiger partial charge in [0, 0.05) is 0 Å². The average molecular weight is 630 g/mol. The molecule has 0 N–H and O–H groups in total. The lowest BCUT2D eigenvalue weighted by Crippen LogP contribution is -2.56. The minimum absolute atomic E-state index is 0.177. The monoisotopic (exact) mass is 630 g/mol. The second-order valence-corrected chi connectivity index (χ2v) is 9.51. The zero-order valence-electron chi connectivity index (χ0n) is 22.3. The molecule has 0 aromatic carbocycles. The molecule has 0 bridgehead atoms. The molecule has 0 saturated carbocycles. The lowest BCUT2D eigenvalue weighted by Gasteiger charge is -2.39. The maximum atomic E-state index is 12.4. The van der Waals surface area contributed by atoms with Gasteiger partial charge in [-0.3, -0.25) is 0 Å². The van der Waals surface area contributed by atoms with Crippen molar-refractivity contribution in [2.75, 3.05) is 52.4 Å². The molecule has 0 unspecified atom stereocenters. The van der Waals surface area contributed by atoms with Crippen LogP contribution in [0.3, 0.4) is 0 Å². The van der Waals surface area contributed by atoms with Crippen molar-refractivity contribution in [3.8, 4) is 0 Å². The second-order valence-electron chi connectivity index (χ2n) is 8.65. The van der Waals surface area contributed by atoms with Crippen LogP contribution in [0.25, 0.3) is 0 Å². The predicted octanol–water partition coefficient (Wildman–Crippen LogP) is 5.99. The fourth-order valence-corrected chi connectivity index (χ4v) is 3.68. The van der Waals surface area contributed by atoms with Gasteiger partial charge in [0.15, 0.2) is 11.8 Å². The highest BCUT2D eigenvalue weighted by molar-refractivity contribution is 7.42. The molecule has 5 nitrogen and oxygen atoms in total. The van der Waals surface area contributed by atoms with E-state index in [1.165, 1.54) is 0 Å². The Hall–Kier alpha value is -0.840. The van der Waals surface area contributed by atoms with Gasteiger partial charge in [-0.1, -0.05) is 0 Å². The van der Waals surface area contributed by atoms with E-state index in [4.69, 9.17) is 14.4 Å². The van der Waals surface area contributed by atoms with Crippen LogP contribution in [0, 0.1) is 11.8 Å². The fraction of sp³-hybridized carbons (Fsp3) is 1.00. The van der Waals surface area contributed by atoms with Gasteiger partial charge in [0.2, 0.25) is 0 Å². The Morgan fingerprint density at radius 1 is 0.513 bits per heavy atom. The fourth-order valence-electron chi connectivity index (χ4n) is 3.68.